The minimum absolute atomic E-state index is 0.177. The molecule has 0 atom stereocenters. The van der Waals surface area contributed by atoms with Crippen LogP contribution >= 0.6 is 0 Å². The first kappa shape index (κ1) is 9.65. The van der Waals surface area contributed by atoms with Crippen LogP contribution in [0.1, 0.15) is 10.6 Å². The molecular weight excluding hydrogens is 220 g/mol. The quantitative estimate of drug-likeness (QED) is 0.658. The number of carbonyl (C=O) groups excluding carboxylic acids is 1. The van der Waals surface area contributed by atoms with Gasteiger partial charge in [0.05, 0.1) is 10.9 Å². The third-order valence-electron chi connectivity index (χ3n) is 2.60. The van der Waals surface area contributed by atoms with E-state index in [-0.39, 0.29) is 11.3 Å². The van der Waals surface area contributed by atoms with Crippen molar-refractivity contribution in [2.45, 2.75) is 0 Å². The fraction of sp³-hybridized carbons (Fsp3) is 0. The van der Waals surface area contributed by atoms with E-state index in [0.29, 0.717) is 17.4 Å². The average molecular weight is 228 g/mol. The van der Waals surface area contributed by atoms with Gasteiger partial charge < -0.3 is 4.42 Å². The van der Waals surface area contributed by atoms with Gasteiger partial charge in [-0.2, -0.15) is 0 Å². The molecule has 0 aliphatic rings. The first-order valence-electron chi connectivity index (χ1n) is 5.04. The van der Waals surface area contributed by atoms with Crippen molar-refractivity contribution in [1.82, 2.24) is 10.2 Å². The second-order valence-corrected chi connectivity index (χ2v) is 3.66. The number of H-pyrrole nitrogens is 2. The Morgan fingerprint density at radius 1 is 1.12 bits per heavy atom. The first-order chi connectivity index (χ1) is 8.28. The Bertz CT molecular complexity index is 748. The van der Waals surface area contributed by atoms with Gasteiger partial charge in [0, 0.05) is 5.56 Å². The number of aromatic nitrogens is 2. The number of benzene rings is 1. The van der Waals surface area contributed by atoms with Gasteiger partial charge in [-0.1, -0.05) is 0 Å². The maximum absolute atomic E-state index is 11.5. The molecule has 2 heterocycles. The Morgan fingerprint density at radius 2 is 2.00 bits per heavy atom. The number of aldehydes is 1. The summed E-state index contributed by atoms with van der Waals surface area (Å²) in [6.07, 6.45) is 0.644. The molecule has 0 spiro atoms. The van der Waals surface area contributed by atoms with Crippen molar-refractivity contribution in [3.05, 3.63) is 46.4 Å². The lowest BCUT2D eigenvalue weighted by Gasteiger charge is -1.95. The normalized spacial score (nSPS) is 10.8. The van der Waals surface area contributed by atoms with Gasteiger partial charge in [0.2, 0.25) is 0 Å². The van der Waals surface area contributed by atoms with Crippen LogP contribution in [0, 0.1) is 0 Å². The van der Waals surface area contributed by atoms with Crippen LogP contribution in [0.2, 0.25) is 0 Å². The van der Waals surface area contributed by atoms with E-state index < -0.39 is 0 Å². The van der Waals surface area contributed by atoms with Crippen LogP contribution in [0.15, 0.2) is 39.5 Å². The van der Waals surface area contributed by atoms with Crippen molar-refractivity contribution >= 4 is 17.2 Å². The van der Waals surface area contributed by atoms with Gasteiger partial charge in [-0.25, -0.2) is 0 Å². The van der Waals surface area contributed by atoms with E-state index in [4.69, 9.17) is 4.42 Å². The van der Waals surface area contributed by atoms with Crippen LogP contribution in [0.3, 0.4) is 0 Å². The van der Waals surface area contributed by atoms with E-state index in [1.807, 2.05) is 6.07 Å². The highest BCUT2D eigenvalue weighted by Crippen LogP contribution is 2.23. The second-order valence-electron chi connectivity index (χ2n) is 3.66. The highest BCUT2D eigenvalue weighted by atomic mass is 16.3. The van der Waals surface area contributed by atoms with Crippen molar-refractivity contribution in [1.29, 1.82) is 0 Å². The molecule has 0 amide bonds. The fourth-order valence-corrected chi connectivity index (χ4v) is 1.76. The molecule has 0 aliphatic carbocycles. The molecule has 5 nitrogen and oxygen atoms in total. The molecular formula is C12H8N2O3. The maximum atomic E-state index is 11.5. The topological polar surface area (TPSA) is 78.9 Å². The fourth-order valence-electron chi connectivity index (χ4n) is 1.76. The van der Waals surface area contributed by atoms with Crippen LogP contribution in [0.25, 0.3) is 22.2 Å². The lowest BCUT2D eigenvalue weighted by atomic mass is 10.1. The number of furan rings is 1. The third kappa shape index (κ3) is 1.48. The predicted octanol–water partition coefficient (Wildman–Crippen LogP) is 1.93. The zero-order valence-corrected chi connectivity index (χ0v) is 8.69. The van der Waals surface area contributed by atoms with Crippen LogP contribution in [0.5, 0.6) is 0 Å². The van der Waals surface area contributed by atoms with Gasteiger partial charge in [0.15, 0.2) is 12.0 Å². The van der Waals surface area contributed by atoms with Crippen molar-refractivity contribution in [2.24, 2.45) is 0 Å². The Kier molecular flexibility index (Phi) is 1.98. The van der Waals surface area contributed by atoms with Gasteiger partial charge in [0.1, 0.15) is 5.76 Å². The van der Waals surface area contributed by atoms with Crippen molar-refractivity contribution in [3.63, 3.8) is 0 Å². The number of hydrogen-bond acceptors (Lipinski definition) is 3. The van der Waals surface area contributed by atoms with Crippen LogP contribution in [-0.2, 0) is 0 Å². The van der Waals surface area contributed by atoms with E-state index >= 15 is 0 Å². The molecule has 1 aromatic carbocycles. The number of fused-ring (bicyclic) bond motifs is 1. The van der Waals surface area contributed by atoms with Crippen molar-refractivity contribution in [2.75, 3.05) is 0 Å². The number of aromatic amines is 2. The summed E-state index contributed by atoms with van der Waals surface area (Å²) >= 11 is 0. The Hall–Kier alpha value is -2.56. The van der Waals surface area contributed by atoms with Gasteiger partial charge in [0.25, 0.3) is 5.56 Å². The van der Waals surface area contributed by atoms with E-state index in [2.05, 4.69) is 10.2 Å². The van der Waals surface area contributed by atoms with E-state index in [9.17, 15) is 9.59 Å². The Labute approximate surface area is 95.0 Å². The number of carbonyl (C=O) groups is 1. The molecule has 0 saturated carbocycles. The SMILES string of the molecule is O=Cc1ccc(-c2ccc3[nH][nH]c(=O)c3c2)o1. The highest BCUT2D eigenvalue weighted by Gasteiger charge is 2.07. The summed E-state index contributed by atoms with van der Waals surface area (Å²) in [6, 6.07) is 8.61. The molecule has 0 radical (unpaired) electrons. The minimum Gasteiger partial charge on any atom is -0.453 e. The lowest BCUT2D eigenvalue weighted by molar-refractivity contribution is 0.110. The molecule has 3 rings (SSSR count). The van der Waals surface area contributed by atoms with Gasteiger partial charge in [-0.3, -0.25) is 19.8 Å². The number of hydrogen-bond donors (Lipinski definition) is 2. The van der Waals surface area contributed by atoms with E-state index in [0.717, 1.165) is 11.1 Å². The standard InChI is InChI=1S/C12H8N2O3/c15-6-8-2-4-11(17-8)7-1-3-10-9(5-7)12(16)14-13-10/h1-6H,(H2,13,14,16). The number of nitrogens with one attached hydrogen (secondary N) is 2. The summed E-state index contributed by atoms with van der Waals surface area (Å²) in [5.74, 6) is 0.831. The van der Waals surface area contributed by atoms with Crippen LogP contribution < -0.4 is 5.56 Å². The van der Waals surface area contributed by atoms with Crippen LogP contribution in [-0.4, -0.2) is 16.5 Å². The molecule has 0 aliphatic heterocycles. The minimum atomic E-state index is -0.177. The largest absolute Gasteiger partial charge is 0.453 e. The van der Waals surface area contributed by atoms with Gasteiger partial charge in [-0.15, -0.1) is 0 Å². The summed E-state index contributed by atoms with van der Waals surface area (Å²) in [6.45, 7) is 0. The summed E-state index contributed by atoms with van der Waals surface area (Å²) in [5.41, 5.74) is 1.32. The Morgan fingerprint density at radius 3 is 2.76 bits per heavy atom. The number of rotatable bonds is 2. The zero-order valence-electron chi connectivity index (χ0n) is 8.69. The molecule has 0 fully saturated rings. The van der Waals surface area contributed by atoms with E-state index in [1.165, 1.54) is 0 Å². The Balaban J connectivity index is 2.19. The third-order valence-corrected chi connectivity index (χ3v) is 2.60. The van der Waals surface area contributed by atoms with Gasteiger partial charge >= 0.3 is 0 Å². The molecule has 17 heavy (non-hydrogen) atoms. The predicted molar refractivity (Wildman–Crippen MR) is 62.0 cm³/mol. The second kappa shape index (κ2) is 3.48. The van der Waals surface area contributed by atoms with Crippen molar-refractivity contribution in [3.8, 4) is 11.3 Å². The monoisotopic (exact) mass is 228 g/mol. The molecule has 0 bridgehead atoms. The summed E-state index contributed by atoms with van der Waals surface area (Å²) in [4.78, 5) is 22.0. The molecule has 0 unspecified atom stereocenters. The molecule has 2 aromatic heterocycles. The smallest absolute Gasteiger partial charge is 0.271 e. The molecule has 0 saturated heterocycles. The highest BCUT2D eigenvalue weighted by molar-refractivity contribution is 5.83. The average Bonchev–Trinajstić information content (AvgIpc) is 2.96. The summed E-state index contributed by atoms with van der Waals surface area (Å²) in [5, 5.41) is 5.82. The molecule has 84 valence electrons. The zero-order chi connectivity index (χ0) is 11.8. The van der Waals surface area contributed by atoms with Gasteiger partial charge in [-0.05, 0) is 30.3 Å². The van der Waals surface area contributed by atoms with Crippen LogP contribution in [0.4, 0.5) is 0 Å². The maximum Gasteiger partial charge on any atom is 0.271 e. The van der Waals surface area contributed by atoms with E-state index in [1.54, 1.807) is 24.3 Å². The van der Waals surface area contributed by atoms with Crippen molar-refractivity contribution < 1.29 is 9.21 Å². The first-order valence-corrected chi connectivity index (χ1v) is 5.04. The summed E-state index contributed by atoms with van der Waals surface area (Å²) in [7, 11) is 0. The summed E-state index contributed by atoms with van der Waals surface area (Å²) < 4.78 is 5.29. The molecule has 5 heteroatoms. The molecule has 3 aromatic rings. The molecule has 2 N–H and O–H groups in total. The lowest BCUT2D eigenvalue weighted by Crippen LogP contribution is -1.97.